The number of alkyl halides is 1. The molecule has 0 heterocycles. The highest BCUT2D eigenvalue weighted by Gasteiger charge is 2.26. The minimum atomic E-state index is -0.503. The highest BCUT2D eigenvalue weighted by atomic mass is 35.5. The third-order valence-electron chi connectivity index (χ3n) is 3.06. The molecule has 0 aliphatic heterocycles. The minimum absolute atomic E-state index is 0.185. The normalized spacial score (nSPS) is 18.9. The lowest BCUT2D eigenvalue weighted by molar-refractivity contribution is 0.194. The molecule has 0 radical (unpaired) electrons. The van der Waals surface area contributed by atoms with Crippen LogP contribution >= 0.6 is 11.6 Å². The van der Waals surface area contributed by atoms with Crippen LogP contribution in [0.15, 0.2) is 5.29 Å². The first-order valence-corrected chi connectivity index (χ1v) is 6.09. The third kappa shape index (κ3) is 3.63. The number of halogens is 1. The summed E-state index contributed by atoms with van der Waals surface area (Å²) in [5, 5.41) is 5.71. The van der Waals surface area contributed by atoms with Crippen molar-refractivity contribution >= 4 is 17.6 Å². The standard InChI is InChI=1S/C10H18ClN3O2/c1-12-10(15)14(13-16)7-9(11)8-5-3-2-4-6-8/h8-9H,2-7H2,1H3,(H,12,15). The Morgan fingerprint density at radius 2 is 2.12 bits per heavy atom. The molecule has 0 bridgehead atoms. The van der Waals surface area contributed by atoms with Gasteiger partial charge in [0, 0.05) is 7.05 Å². The molecule has 1 N–H and O–H groups in total. The molecule has 16 heavy (non-hydrogen) atoms. The average Bonchev–Trinajstić information content (AvgIpc) is 2.35. The van der Waals surface area contributed by atoms with Gasteiger partial charge < -0.3 is 5.32 Å². The Morgan fingerprint density at radius 3 is 2.62 bits per heavy atom. The van der Waals surface area contributed by atoms with Crippen molar-refractivity contribution in [3.63, 3.8) is 0 Å². The van der Waals surface area contributed by atoms with Crippen LogP contribution in [0.5, 0.6) is 0 Å². The molecule has 0 saturated heterocycles. The summed E-state index contributed by atoms with van der Waals surface area (Å²) < 4.78 is 0. The Kier molecular flexibility index (Phi) is 5.52. The maximum atomic E-state index is 11.2. The van der Waals surface area contributed by atoms with E-state index in [9.17, 15) is 9.70 Å². The van der Waals surface area contributed by atoms with Crippen LogP contribution in [0.1, 0.15) is 32.1 Å². The van der Waals surface area contributed by atoms with Crippen molar-refractivity contribution in [2.24, 2.45) is 11.2 Å². The molecule has 5 nitrogen and oxygen atoms in total. The molecule has 1 unspecified atom stereocenters. The van der Waals surface area contributed by atoms with Crippen LogP contribution in [-0.2, 0) is 0 Å². The first-order valence-electron chi connectivity index (χ1n) is 5.65. The Hall–Kier alpha value is -0.840. The summed E-state index contributed by atoms with van der Waals surface area (Å²) >= 11 is 6.21. The number of carbonyl (C=O) groups excluding carboxylic acids is 1. The van der Waals surface area contributed by atoms with Gasteiger partial charge in [-0.05, 0) is 18.8 Å². The molecule has 1 rings (SSSR count). The first-order chi connectivity index (χ1) is 7.69. The van der Waals surface area contributed by atoms with E-state index in [-0.39, 0.29) is 11.9 Å². The van der Waals surface area contributed by atoms with E-state index in [2.05, 4.69) is 10.6 Å². The Morgan fingerprint density at radius 1 is 1.50 bits per heavy atom. The second kappa shape index (κ2) is 6.68. The summed E-state index contributed by atoms with van der Waals surface area (Å²) in [6.45, 7) is 0.190. The van der Waals surface area contributed by atoms with Crippen molar-refractivity contribution in [3.05, 3.63) is 4.91 Å². The number of carbonyl (C=O) groups is 1. The number of hydrogen-bond acceptors (Lipinski definition) is 3. The quantitative estimate of drug-likeness (QED) is 0.471. The van der Waals surface area contributed by atoms with Crippen LogP contribution < -0.4 is 5.32 Å². The average molecular weight is 248 g/mol. The number of hydrogen-bond donors (Lipinski definition) is 1. The predicted molar refractivity (Wildman–Crippen MR) is 63.2 cm³/mol. The van der Waals surface area contributed by atoms with Crippen molar-refractivity contribution in [1.29, 1.82) is 0 Å². The lowest BCUT2D eigenvalue weighted by Crippen LogP contribution is -2.39. The van der Waals surface area contributed by atoms with Gasteiger partial charge in [0.1, 0.15) is 0 Å². The van der Waals surface area contributed by atoms with Crippen LogP contribution in [0.2, 0.25) is 0 Å². The lowest BCUT2D eigenvalue weighted by atomic mass is 9.86. The van der Waals surface area contributed by atoms with E-state index in [1.165, 1.54) is 26.3 Å². The van der Waals surface area contributed by atoms with Gasteiger partial charge in [0.15, 0.2) is 0 Å². The number of urea groups is 1. The number of amides is 2. The van der Waals surface area contributed by atoms with Gasteiger partial charge in [0.2, 0.25) is 0 Å². The van der Waals surface area contributed by atoms with E-state index in [4.69, 9.17) is 11.6 Å². The van der Waals surface area contributed by atoms with Crippen LogP contribution in [0.3, 0.4) is 0 Å². The van der Waals surface area contributed by atoms with Gasteiger partial charge in [-0.25, -0.2) is 4.79 Å². The van der Waals surface area contributed by atoms with Gasteiger partial charge in [-0.3, -0.25) is 0 Å². The summed E-state index contributed by atoms with van der Waals surface area (Å²) in [7, 11) is 1.46. The summed E-state index contributed by atoms with van der Waals surface area (Å²) in [4.78, 5) is 21.7. The van der Waals surface area contributed by atoms with E-state index < -0.39 is 6.03 Å². The van der Waals surface area contributed by atoms with Crippen molar-refractivity contribution in [2.75, 3.05) is 13.6 Å². The van der Waals surface area contributed by atoms with E-state index in [1.54, 1.807) is 0 Å². The molecule has 1 fully saturated rings. The summed E-state index contributed by atoms with van der Waals surface area (Å²) in [5.41, 5.74) is 0. The molecule has 6 heteroatoms. The van der Waals surface area contributed by atoms with Gasteiger partial charge in [-0.1, -0.05) is 19.3 Å². The zero-order valence-corrected chi connectivity index (χ0v) is 10.2. The van der Waals surface area contributed by atoms with Gasteiger partial charge in [-0.2, -0.15) is 5.01 Å². The summed E-state index contributed by atoms with van der Waals surface area (Å²) in [6, 6.07) is -0.503. The first kappa shape index (κ1) is 13.2. The monoisotopic (exact) mass is 247 g/mol. The number of nitrogens with one attached hydrogen (secondary N) is 1. The number of nitroso groups, excluding NO2 is 1. The molecule has 1 saturated carbocycles. The molecule has 2 amide bonds. The topological polar surface area (TPSA) is 61.8 Å². The molecular formula is C10H18ClN3O2. The van der Waals surface area contributed by atoms with Gasteiger partial charge >= 0.3 is 6.03 Å². The Labute approximate surface area is 100 Å². The largest absolute Gasteiger partial charge is 0.340 e. The van der Waals surface area contributed by atoms with Crippen molar-refractivity contribution in [2.45, 2.75) is 37.5 Å². The maximum absolute atomic E-state index is 11.2. The number of rotatable bonds is 4. The SMILES string of the molecule is CNC(=O)N(CC(Cl)C1CCCCC1)N=O. The van der Waals surface area contributed by atoms with Gasteiger partial charge in [0.05, 0.1) is 17.2 Å². The number of nitrogens with zero attached hydrogens (tertiary/aromatic N) is 2. The molecule has 1 atom stereocenters. The van der Waals surface area contributed by atoms with Gasteiger partial charge in [-0.15, -0.1) is 16.5 Å². The molecule has 0 spiro atoms. The zero-order valence-electron chi connectivity index (χ0n) is 9.49. The summed E-state index contributed by atoms with van der Waals surface area (Å²) in [6.07, 6.45) is 5.78. The van der Waals surface area contributed by atoms with Crippen LogP contribution in [0.25, 0.3) is 0 Å². The fourth-order valence-corrected chi connectivity index (χ4v) is 2.48. The van der Waals surface area contributed by atoms with Crippen molar-refractivity contribution in [3.8, 4) is 0 Å². The minimum Gasteiger partial charge on any atom is -0.339 e. The van der Waals surface area contributed by atoms with Gasteiger partial charge in [0.25, 0.3) is 0 Å². The van der Waals surface area contributed by atoms with Crippen molar-refractivity contribution < 1.29 is 4.79 Å². The van der Waals surface area contributed by atoms with Crippen LogP contribution in [0, 0.1) is 10.8 Å². The van der Waals surface area contributed by atoms with Crippen molar-refractivity contribution in [1.82, 2.24) is 10.3 Å². The fraction of sp³-hybridized carbons (Fsp3) is 0.900. The zero-order chi connectivity index (χ0) is 12.0. The second-order valence-electron chi connectivity index (χ2n) is 4.13. The molecule has 1 aliphatic carbocycles. The molecule has 1 aliphatic rings. The molecule has 92 valence electrons. The highest BCUT2D eigenvalue weighted by Crippen LogP contribution is 2.29. The third-order valence-corrected chi connectivity index (χ3v) is 3.55. The molecule has 0 aromatic heterocycles. The smallest absolute Gasteiger partial charge is 0.339 e. The van der Waals surface area contributed by atoms with E-state index in [0.29, 0.717) is 5.92 Å². The second-order valence-corrected chi connectivity index (χ2v) is 4.69. The molecule has 0 aromatic rings. The van der Waals surface area contributed by atoms with E-state index in [1.807, 2.05) is 0 Å². The summed E-state index contributed by atoms with van der Waals surface area (Å²) in [5.74, 6) is 0.393. The van der Waals surface area contributed by atoms with E-state index >= 15 is 0 Å². The highest BCUT2D eigenvalue weighted by molar-refractivity contribution is 6.21. The van der Waals surface area contributed by atoms with Crippen LogP contribution in [-0.4, -0.2) is 30.0 Å². The Balaban J connectivity index is 2.43. The molecular weight excluding hydrogens is 230 g/mol. The lowest BCUT2D eigenvalue weighted by Gasteiger charge is -2.27. The molecule has 0 aromatic carbocycles. The fourth-order valence-electron chi connectivity index (χ4n) is 2.09. The van der Waals surface area contributed by atoms with E-state index in [0.717, 1.165) is 17.9 Å². The Bertz CT molecular complexity index is 244. The van der Waals surface area contributed by atoms with Crippen LogP contribution in [0.4, 0.5) is 4.79 Å². The predicted octanol–water partition coefficient (Wildman–Crippen LogP) is 2.50. The maximum Gasteiger partial charge on any atom is 0.340 e.